The molecule has 0 aliphatic carbocycles. The molecule has 3 rings (SSSR count). The first-order valence-electron chi connectivity index (χ1n) is 8.94. The number of nitrogens with two attached hydrogens (primary N) is 1. The number of piperidine rings is 1. The number of nitrogens with one attached hydrogen (secondary N) is 1. The normalized spacial score (nSPS) is 17.0. The van der Waals surface area contributed by atoms with Crippen LogP contribution in [0.1, 0.15) is 34.9 Å². The Morgan fingerprint density at radius 2 is 1.92 bits per heavy atom. The lowest BCUT2D eigenvalue weighted by molar-refractivity contribution is -0.124. The second-order valence-electron chi connectivity index (χ2n) is 6.88. The summed E-state index contributed by atoms with van der Waals surface area (Å²) in [6.07, 6.45) is 1.46. The number of likely N-dealkylation sites (tertiary alicyclic amines) is 1. The Labute approximate surface area is 158 Å². The van der Waals surface area contributed by atoms with Crippen LogP contribution in [0.4, 0.5) is 0 Å². The molecule has 2 heterocycles. The lowest BCUT2D eigenvalue weighted by Gasteiger charge is -2.30. The number of rotatable bonds is 6. The predicted octanol–water partition coefficient (Wildman–Crippen LogP) is 2.46. The van der Waals surface area contributed by atoms with Crippen LogP contribution in [0, 0.1) is 12.8 Å². The summed E-state index contributed by atoms with van der Waals surface area (Å²) < 4.78 is 0. The van der Waals surface area contributed by atoms with Crippen LogP contribution < -0.4 is 11.1 Å². The maximum atomic E-state index is 12.6. The number of thiophene rings is 1. The fourth-order valence-corrected chi connectivity index (χ4v) is 4.12. The quantitative estimate of drug-likeness (QED) is 0.819. The molecule has 2 amide bonds. The van der Waals surface area contributed by atoms with Crippen molar-refractivity contribution >= 4 is 23.2 Å². The molecule has 6 heteroatoms. The van der Waals surface area contributed by atoms with Gasteiger partial charge < -0.3 is 11.1 Å². The van der Waals surface area contributed by atoms with Gasteiger partial charge in [-0.1, -0.05) is 35.9 Å². The number of carbonyl (C=O) groups excluding carboxylic acids is 2. The molecule has 1 fully saturated rings. The van der Waals surface area contributed by atoms with Gasteiger partial charge in [-0.25, -0.2) is 0 Å². The third-order valence-corrected chi connectivity index (χ3v) is 5.84. The summed E-state index contributed by atoms with van der Waals surface area (Å²) in [5.74, 6) is -0.284. The van der Waals surface area contributed by atoms with Crippen LogP contribution in [-0.4, -0.2) is 36.3 Å². The topological polar surface area (TPSA) is 75.4 Å². The number of carbonyl (C=O) groups is 2. The smallest absolute Gasteiger partial charge is 0.234 e. The Morgan fingerprint density at radius 3 is 2.50 bits per heavy atom. The summed E-state index contributed by atoms with van der Waals surface area (Å²) >= 11 is 1.64. The van der Waals surface area contributed by atoms with E-state index in [-0.39, 0.29) is 23.8 Å². The van der Waals surface area contributed by atoms with Crippen molar-refractivity contribution in [3.8, 4) is 0 Å². The van der Waals surface area contributed by atoms with Gasteiger partial charge in [0, 0.05) is 10.8 Å². The van der Waals surface area contributed by atoms with Gasteiger partial charge in [0.1, 0.15) is 0 Å². The molecule has 1 aliphatic heterocycles. The minimum atomic E-state index is -0.230. The number of primary amides is 1. The van der Waals surface area contributed by atoms with Crippen molar-refractivity contribution < 1.29 is 9.59 Å². The second kappa shape index (κ2) is 8.47. The highest BCUT2D eigenvalue weighted by atomic mass is 32.1. The number of nitrogens with zero attached hydrogens (tertiary/aromatic N) is 1. The Balaban J connectivity index is 1.63. The van der Waals surface area contributed by atoms with Gasteiger partial charge >= 0.3 is 0 Å². The van der Waals surface area contributed by atoms with Crippen molar-refractivity contribution in [1.82, 2.24) is 10.2 Å². The lowest BCUT2D eigenvalue weighted by Crippen LogP contribution is -2.44. The van der Waals surface area contributed by atoms with Crippen LogP contribution in [0.25, 0.3) is 0 Å². The Bertz CT molecular complexity index is 735. The summed E-state index contributed by atoms with van der Waals surface area (Å²) in [7, 11) is 0. The van der Waals surface area contributed by atoms with E-state index < -0.39 is 0 Å². The standard InChI is InChI=1S/C20H25N3O2S/c1-14-4-6-15(7-5-14)19(17-3-2-12-26-17)22-18(24)13-23-10-8-16(9-11-23)20(21)25/h2-7,12,16,19H,8-11,13H2,1H3,(H2,21,25)(H,22,24). The number of hydrogen-bond donors (Lipinski definition) is 2. The minimum Gasteiger partial charge on any atom is -0.369 e. The average Bonchev–Trinajstić information content (AvgIpc) is 3.15. The Hall–Kier alpha value is -2.18. The highest BCUT2D eigenvalue weighted by Crippen LogP contribution is 2.26. The SMILES string of the molecule is Cc1ccc(C(NC(=O)CN2CCC(C(N)=O)CC2)c2cccs2)cc1. The van der Waals surface area contributed by atoms with Gasteiger partial charge in [-0.3, -0.25) is 14.5 Å². The van der Waals surface area contributed by atoms with Gasteiger partial charge in [-0.2, -0.15) is 0 Å². The van der Waals surface area contributed by atoms with E-state index in [2.05, 4.69) is 41.4 Å². The van der Waals surface area contributed by atoms with Crippen molar-refractivity contribution in [2.45, 2.75) is 25.8 Å². The minimum absolute atomic E-state index is 0.00139. The van der Waals surface area contributed by atoms with E-state index in [1.165, 1.54) is 5.56 Å². The van der Waals surface area contributed by atoms with Crippen LogP contribution in [0.15, 0.2) is 41.8 Å². The van der Waals surface area contributed by atoms with Crippen molar-refractivity contribution in [2.24, 2.45) is 11.7 Å². The third-order valence-electron chi connectivity index (χ3n) is 4.90. The van der Waals surface area contributed by atoms with E-state index >= 15 is 0 Å². The average molecular weight is 372 g/mol. The Kier molecular flexibility index (Phi) is 6.06. The Morgan fingerprint density at radius 1 is 1.23 bits per heavy atom. The zero-order valence-electron chi connectivity index (χ0n) is 15.0. The molecule has 1 atom stereocenters. The van der Waals surface area contributed by atoms with Crippen molar-refractivity contribution in [3.63, 3.8) is 0 Å². The fraction of sp³-hybridized carbons (Fsp3) is 0.400. The van der Waals surface area contributed by atoms with Crippen LogP contribution in [0.5, 0.6) is 0 Å². The van der Waals surface area contributed by atoms with Gasteiger partial charge in [0.25, 0.3) is 0 Å². The van der Waals surface area contributed by atoms with Crippen LogP contribution >= 0.6 is 11.3 Å². The van der Waals surface area contributed by atoms with E-state index in [1.807, 2.05) is 17.5 Å². The highest BCUT2D eigenvalue weighted by molar-refractivity contribution is 7.10. The number of aryl methyl sites for hydroxylation is 1. The van der Waals surface area contributed by atoms with Crippen LogP contribution in [0.2, 0.25) is 0 Å². The molecule has 1 unspecified atom stereocenters. The molecule has 1 aromatic heterocycles. The summed E-state index contributed by atoms with van der Waals surface area (Å²) in [6.45, 7) is 3.86. The van der Waals surface area contributed by atoms with Crippen molar-refractivity contribution in [2.75, 3.05) is 19.6 Å². The van der Waals surface area contributed by atoms with Gasteiger partial charge in [0.15, 0.2) is 0 Å². The van der Waals surface area contributed by atoms with Gasteiger partial charge in [0.05, 0.1) is 12.6 Å². The first kappa shape index (κ1) is 18.6. The molecule has 5 nitrogen and oxygen atoms in total. The predicted molar refractivity (Wildman–Crippen MR) is 104 cm³/mol. The fourth-order valence-electron chi connectivity index (χ4n) is 3.32. The maximum absolute atomic E-state index is 12.6. The summed E-state index contributed by atoms with van der Waals surface area (Å²) in [4.78, 5) is 27.1. The van der Waals surface area contributed by atoms with E-state index in [4.69, 9.17) is 5.73 Å². The largest absolute Gasteiger partial charge is 0.369 e. The van der Waals surface area contributed by atoms with Crippen molar-refractivity contribution in [1.29, 1.82) is 0 Å². The maximum Gasteiger partial charge on any atom is 0.234 e. The van der Waals surface area contributed by atoms with E-state index in [9.17, 15) is 9.59 Å². The molecule has 1 aromatic carbocycles. The zero-order chi connectivity index (χ0) is 18.5. The number of benzene rings is 1. The molecule has 2 aromatic rings. The zero-order valence-corrected chi connectivity index (χ0v) is 15.8. The molecule has 0 spiro atoms. The van der Waals surface area contributed by atoms with Gasteiger partial charge in [0.2, 0.25) is 11.8 Å². The molecule has 1 aliphatic rings. The van der Waals surface area contributed by atoms with E-state index in [0.717, 1.165) is 36.4 Å². The second-order valence-corrected chi connectivity index (χ2v) is 7.86. The van der Waals surface area contributed by atoms with Crippen molar-refractivity contribution in [3.05, 3.63) is 57.8 Å². The highest BCUT2D eigenvalue weighted by Gasteiger charge is 2.25. The molecule has 26 heavy (non-hydrogen) atoms. The molecule has 0 bridgehead atoms. The number of hydrogen-bond acceptors (Lipinski definition) is 4. The summed E-state index contributed by atoms with van der Waals surface area (Å²) in [5.41, 5.74) is 7.65. The molecule has 3 N–H and O–H groups in total. The molecule has 0 saturated carbocycles. The first-order chi connectivity index (χ1) is 12.5. The summed E-state index contributed by atoms with van der Waals surface area (Å²) in [5, 5.41) is 5.20. The van der Waals surface area contributed by atoms with Crippen LogP contribution in [-0.2, 0) is 9.59 Å². The van der Waals surface area contributed by atoms with Gasteiger partial charge in [-0.05, 0) is 49.9 Å². The molecular weight excluding hydrogens is 346 g/mol. The van der Waals surface area contributed by atoms with Crippen LogP contribution in [0.3, 0.4) is 0 Å². The number of amides is 2. The third kappa shape index (κ3) is 4.71. The molecule has 0 radical (unpaired) electrons. The monoisotopic (exact) mass is 371 g/mol. The van der Waals surface area contributed by atoms with E-state index in [1.54, 1.807) is 11.3 Å². The molecular formula is C20H25N3O2S. The van der Waals surface area contributed by atoms with E-state index in [0.29, 0.717) is 6.54 Å². The van der Waals surface area contributed by atoms with Gasteiger partial charge in [-0.15, -0.1) is 11.3 Å². The summed E-state index contributed by atoms with van der Waals surface area (Å²) in [6, 6.07) is 12.2. The molecule has 138 valence electrons. The molecule has 1 saturated heterocycles. The first-order valence-corrected chi connectivity index (χ1v) is 9.82. The lowest BCUT2D eigenvalue weighted by atomic mass is 9.96.